The normalized spacial score (nSPS) is 10.4. The number of hydrogen-bond donors (Lipinski definition) is 2. The molecule has 3 N–H and O–H groups in total. The lowest BCUT2D eigenvalue weighted by molar-refractivity contribution is -0.117. The van der Waals surface area contributed by atoms with Gasteiger partial charge in [0.15, 0.2) is 6.61 Å². The number of nitrogens with zero attached hydrogens (tertiary/aromatic N) is 2. The van der Waals surface area contributed by atoms with Crippen molar-refractivity contribution in [2.45, 2.75) is 19.6 Å². The van der Waals surface area contributed by atoms with E-state index < -0.39 is 11.8 Å². The number of rotatable bonds is 9. The van der Waals surface area contributed by atoms with Crippen LogP contribution in [0.3, 0.4) is 0 Å². The highest BCUT2D eigenvalue weighted by molar-refractivity contribution is 5.89. The van der Waals surface area contributed by atoms with Crippen LogP contribution in [0.15, 0.2) is 53.1 Å². The Labute approximate surface area is 166 Å². The second kappa shape index (κ2) is 9.36. The zero-order chi connectivity index (χ0) is 20.6. The monoisotopic (exact) mass is 396 g/mol. The lowest BCUT2D eigenvalue weighted by Crippen LogP contribution is -2.23. The van der Waals surface area contributed by atoms with E-state index in [1.165, 1.54) is 0 Å². The second-order valence-electron chi connectivity index (χ2n) is 6.12. The first-order chi connectivity index (χ1) is 14.0. The summed E-state index contributed by atoms with van der Waals surface area (Å²) < 4.78 is 15.6. The number of carbonyl (C=O) groups is 2. The molecule has 9 nitrogen and oxygen atoms in total. The van der Waals surface area contributed by atoms with Crippen LogP contribution in [0.2, 0.25) is 0 Å². The molecule has 3 rings (SSSR count). The van der Waals surface area contributed by atoms with Crippen LogP contribution in [0, 0.1) is 0 Å². The molecule has 0 unspecified atom stereocenters. The minimum absolute atomic E-state index is 0.0322. The topological polar surface area (TPSA) is 130 Å². The third-order valence-corrected chi connectivity index (χ3v) is 3.94. The molecule has 1 aromatic heterocycles. The number of carbonyl (C=O) groups excluding carboxylic acids is 2. The molecule has 2 amide bonds. The molecule has 3 aromatic rings. The Morgan fingerprint density at radius 1 is 1.03 bits per heavy atom. The predicted molar refractivity (Wildman–Crippen MR) is 102 cm³/mol. The molecule has 0 radical (unpaired) electrons. The summed E-state index contributed by atoms with van der Waals surface area (Å²) in [4.78, 5) is 27.1. The summed E-state index contributed by atoms with van der Waals surface area (Å²) in [6, 6.07) is 14.2. The van der Waals surface area contributed by atoms with Gasteiger partial charge in [-0.2, -0.15) is 4.98 Å². The zero-order valence-corrected chi connectivity index (χ0v) is 15.8. The largest absolute Gasteiger partial charge is 0.497 e. The minimum atomic E-state index is -0.477. The van der Waals surface area contributed by atoms with Gasteiger partial charge in [0, 0.05) is 6.54 Å². The molecule has 0 bridgehead atoms. The van der Waals surface area contributed by atoms with Gasteiger partial charge in [-0.05, 0) is 35.4 Å². The molecule has 0 aliphatic carbocycles. The summed E-state index contributed by atoms with van der Waals surface area (Å²) in [6.45, 7) is 0.346. The van der Waals surface area contributed by atoms with Crippen molar-refractivity contribution in [3.8, 4) is 11.5 Å². The lowest BCUT2D eigenvalue weighted by atomic mass is 10.1. The standard InChI is InChI=1S/C20H20N4O5/c1-27-15-6-4-14(5-7-15)11-22-19(26)20-23-18(24-29-20)12-28-16-8-2-13(3-9-16)10-17(21)25/h2-9H,10-12H2,1H3,(H2,21,25)(H,22,26). The van der Waals surface area contributed by atoms with Crippen molar-refractivity contribution >= 4 is 11.8 Å². The molecule has 150 valence electrons. The summed E-state index contributed by atoms with van der Waals surface area (Å²) in [7, 11) is 1.59. The van der Waals surface area contributed by atoms with E-state index >= 15 is 0 Å². The highest BCUT2D eigenvalue weighted by Crippen LogP contribution is 2.14. The average Bonchev–Trinajstić information content (AvgIpc) is 3.21. The van der Waals surface area contributed by atoms with Gasteiger partial charge in [-0.15, -0.1) is 0 Å². The van der Waals surface area contributed by atoms with Gasteiger partial charge < -0.3 is 25.0 Å². The number of methoxy groups -OCH3 is 1. The Morgan fingerprint density at radius 2 is 1.69 bits per heavy atom. The quantitative estimate of drug-likeness (QED) is 0.562. The summed E-state index contributed by atoms with van der Waals surface area (Å²) >= 11 is 0. The Morgan fingerprint density at radius 3 is 2.34 bits per heavy atom. The number of ether oxygens (including phenoxy) is 2. The van der Waals surface area contributed by atoms with Gasteiger partial charge in [0.2, 0.25) is 11.7 Å². The first-order valence-corrected chi connectivity index (χ1v) is 8.77. The van der Waals surface area contributed by atoms with Crippen LogP contribution in [0.5, 0.6) is 11.5 Å². The number of aromatic nitrogens is 2. The van der Waals surface area contributed by atoms with E-state index in [0.717, 1.165) is 16.9 Å². The van der Waals surface area contributed by atoms with Crippen LogP contribution in [-0.4, -0.2) is 29.1 Å². The number of nitrogens with two attached hydrogens (primary N) is 1. The second-order valence-corrected chi connectivity index (χ2v) is 6.12. The number of benzene rings is 2. The van der Waals surface area contributed by atoms with Gasteiger partial charge in [0.1, 0.15) is 11.5 Å². The maximum Gasteiger partial charge on any atom is 0.316 e. The van der Waals surface area contributed by atoms with E-state index in [4.69, 9.17) is 19.7 Å². The van der Waals surface area contributed by atoms with Gasteiger partial charge >= 0.3 is 11.8 Å². The van der Waals surface area contributed by atoms with E-state index in [-0.39, 0.29) is 24.7 Å². The molecular formula is C20H20N4O5. The summed E-state index contributed by atoms with van der Waals surface area (Å²) in [5.41, 5.74) is 6.85. The lowest BCUT2D eigenvalue weighted by Gasteiger charge is -2.04. The van der Waals surface area contributed by atoms with Crippen molar-refractivity contribution < 1.29 is 23.6 Å². The highest BCUT2D eigenvalue weighted by atomic mass is 16.5. The molecule has 0 saturated heterocycles. The van der Waals surface area contributed by atoms with Crippen molar-refractivity contribution in [3.05, 3.63) is 71.4 Å². The average molecular weight is 396 g/mol. The van der Waals surface area contributed by atoms with Crippen molar-refractivity contribution in [1.29, 1.82) is 0 Å². The molecule has 0 aliphatic rings. The van der Waals surface area contributed by atoms with Gasteiger partial charge in [0.05, 0.1) is 13.5 Å². The van der Waals surface area contributed by atoms with Crippen LogP contribution in [-0.2, 0) is 24.4 Å². The third kappa shape index (κ3) is 5.80. The smallest absolute Gasteiger partial charge is 0.316 e. The summed E-state index contributed by atoms with van der Waals surface area (Å²) in [5.74, 6) is 0.519. The van der Waals surface area contributed by atoms with Crippen molar-refractivity contribution in [1.82, 2.24) is 15.5 Å². The Hall–Kier alpha value is -3.88. The number of hydrogen-bond acceptors (Lipinski definition) is 7. The third-order valence-electron chi connectivity index (χ3n) is 3.94. The van der Waals surface area contributed by atoms with Crippen LogP contribution < -0.4 is 20.5 Å². The first kappa shape index (κ1) is 19.9. The Bertz CT molecular complexity index is 967. The van der Waals surface area contributed by atoms with Crippen LogP contribution >= 0.6 is 0 Å². The number of nitrogens with one attached hydrogen (secondary N) is 1. The van der Waals surface area contributed by atoms with Crippen LogP contribution in [0.25, 0.3) is 0 Å². The van der Waals surface area contributed by atoms with E-state index in [0.29, 0.717) is 12.3 Å². The van der Waals surface area contributed by atoms with E-state index in [9.17, 15) is 9.59 Å². The van der Waals surface area contributed by atoms with Gasteiger partial charge in [-0.25, -0.2) is 0 Å². The van der Waals surface area contributed by atoms with Crippen molar-refractivity contribution in [2.24, 2.45) is 5.73 Å². The fraction of sp³-hybridized carbons (Fsp3) is 0.200. The van der Waals surface area contributed by atoms with Gasteiger partial charge in [-0.3, -0.25) is 9.59 Å². The van der Waals surface area contributed by atoms with Crippen molar-refractivity contribution in [3.63, 3.8) is 0 Å². The molecule has 1 heterocycles. The molecule has 2 aromatic carbocycles. The number of primary amides is 1. The molecule has 0 atom stereocenters. The van der Waals surface area contributed by atoms with E-state index in [1.54, 1.807) is 31.4 Å². The zero-order valence-electron chi connectivity index (χ0n) is 15.8. The fourth-order valence-corrected chi connectivity index (χ4v) is 2.46. The summed E-state index contributed by atoms with van der Waals surface area (Å²) in [6.07, 6.45) is 0.167. The molecule has 0 fully saturated rings. The van der Waals surface area contributed by atoms with E-state index in [2.05, 4.69) is 15.5 Å². The maximum atomic E-state index is 12.1. The van der Waals surface area contributed by atoms with Crippen LogP contribution in [0.1, 0.15) is 27.6 Å². The highest BCUT2D eigenvalue weighted by Gasteiger charge is 2.15. The van der Waals surface area contributed by atoms with E-state index in [1.807, 2.05) is 24.3 Å². The molecule has 0 aliphatic heterocycles. The fourth-order valence-electron chi connectivity index (χ4n) is 2.46. The Kier molecular flexibility index (Phi) is 6.41. The maximum absolute atomic E-state index is 12.1. The molecule has 0 spiro atoms. The summed E-state index contributed by atoms with van der Waals surface area (Å²) in [5, 5.41) is 6.44. The predicted octanol–water partition coefficient (Wildman–Crippen LogP) is 1.61. The van der Waals surface area contributed by atoms with Crippen molar-refractivity contribution in [2.75, 3.05) is 7.11 Å². The van der Waals surface area contributed by atoms with Gasteiger partial charge in [0.25, 0.3) is 0 Å². The molecule has 0 saturated carbocycles. The van der Waals surface area contributed by atoms with Crippen LogP contribution in [0.4, 0.5) is 0 Å². The molecule has 9 heteroatoms. The Balaban J connectivity index is 1.49. The number of amides is 2. The SMILES string of the molecule is COc1ccc(CNC(=O)c2nc(COc3ccc(CC(N)=O)cc3)no2)cc1. The molecular weight excluding hydrogens is 376 g/mol. The minimum Gasteiger partial charge on any atom is -0.497 e. The molecule has 29 heavy (non-hydrogen) atoms. The van der Waals surface area contributed by atoms with Gasteiger partial charge in [-0.1, -0.05) is 29.4 Å². The first-order valence-electron chi connectivity index (χ1n) is 8.77.